The Morgan fingerprint density at radius 1 is 1.39 bits per heavy atom. The van der Waals surface area contributed by atoms with Gasteiger partial charge in [-0.05, 0) is 12.3 Å². The normalized spacial score (nSPS) is 31.0. The second kappa shape index (κ2) is 6.53. The highest BCUT2D eigenvalue weighted by Gasteiger charge is 2.25. The molecule has 4 heteroatoms. The molecule has 0 bridgehead atoms. The third kappa shape index (κ3) is 3.69. The highest BCUT2D eigenvalue weighted by atomic mass is 16.4. The molecule has 0 spiro atoms. The van der Waals surface area contributed by atoms with Gasteiger partial charge in [-0.15, -0.1) is 0 Å². The third-order valence-corrected chi connectivity index (χ3v) is 4.46. The van der Waals surface area contributed by atoms with Crippen molar-refractivity contribution < 1.29 is 10.3 Å². The average molecular weight is 254 g/mol. The summed E-state index contributed by atoms with van der Waals surface area (Å²) in [5.74, 6) is 1.05. The number of β-amino-alcohol motifs (C(OH)–C–C–N with tert-alkyl or cyclic N) is 1. The summed E-state index contributed by atoms with van der Waals surface area (Å²) in [6.45, 7) is 4.68. The summed E-state index contributed by atoms with van der Waals surface area (Å²) in [5.41, 5.74) is 0.900. The van der Waals surface area contributed by atoms with Crippen molar-refractivity contribution in [2.24, 2.45) is 17.0 Å². The Bertz CT molecular complexity index is 288. The summed E-state index contributed by atoms with van der Waals surface area (Å²) in [4.78, 5) is 2.30. The van der Waals surface area contributed by atoms with Crippen LogP contribution in [0.1, 0.15) is 45.4 Å². The van der Waals surface area contributed by atoms with E-state index in [0.29, 0.717) is 5.92 Å². The van der Waals surface area contributed by atoms with Crippen LogP contribution in [-0.2, 0) is 0 Å². The Morgan fingerprint density at radius 3 is 2.72 bits per heavy atom. The maximum atomic E-state index is 10.1. The molecule has 1 heterocycles. The van der Waals surface area contributed by atoms with Crippen LogP contribution in [0, 0.1) is 11.8 Å². The molecule has 2 N–H and O–H groups in total. The van der Waals surface area contributed by atoms with Gasteiger partial charge in [-0.2, -0.15) is 0 Å². The summed E-state index contributed by atoms with van der Waals surface area (Å²) in [7, 11) is 0. The lowest BCUT2D eigenvalue weighted by Crippen LogP contribution is -2.43. The standard InChI is InChI=1S/C14H26N2O2/c1-11-9-16(7-6-14(11)15-18)10-13(17)8-12-4-2-3-5-12/h11-13,17-18H,2-10H2,1H3. The fraction of sp³-hybridized carbons (Fsp3) is 0.929. The first-order valence-electron chi connectivity index (χ1n) is 7.30. The molecule has 2 unspecified atom stereocenters. The number of hydrogen-bond donors (Lipinski definition) is 2. The lowest BCUT2D eigenvalue weighted by molar-refractivity contribution is 0.0850. The second-order valence-electron chi connectivity index (χ2n) is 6.04. The molecule has 1 aliphatic carbocycles. The zero-order valence-electron chi connectivity index (χ0n) is 11.4. The van der Waals surface area contributed by atoms with Gasteiger partial charge in [0.25, 0.3) is 0 Å². The molecule has 4 nitrogen and oxygen atoms in total. The topological polar surface area (TPSA) is 56.1 Å². The number of hydrogen-bond acceptors (Lipinski definition) is 4. The van der Waals surface area contributed by atoms with Crippen LogP contribution in [0.15, 0.2) is 5.16 Å². The summed E-state index contributed by atoms with van der Waals surface area (Å²) in [5, 5.41) is 22.3. The lowest BCUT2D eigenvalue weighted by Gasteiger charge is -2.33. The minimum atomic E-state index is -0.187. The van der Waals surface area contributed by atoms with E-state index in [1.807, 2.05) is 0 Å². The van der Waals surface area contributed by atoms with Gasteiger partial charge in [0.2, 0.25) is 0 Å². The Balaban J connectivity index is 1.72. The largest absolute Gasteiger partial charge is 0.411 e. The van der Waals surface area contributed by atoms with Crippen molar-refractivity contribution in [2.45, 2.75) is 51.6 Å². The van der Waals surface area contributed by atoms with E-state index < -0.39 is 0 Å². The van der Waals surface area contributed by atoms with Gasteiger partial charge < -0.3 is 10.3 Å². The quantitative estimate of drug-likeness (QED) is 0.596. The molecule has 0 aromatic carbocycles. The van der Waals surface area contributed by atoms with E-state index >= 15 is 0 Å². The van der Waals surface area contributed by atoms with Crippen LogP contribution >= 0.6 is 0 Å². The number of rotatable bonds is 4. The van der Waals surface area contributed by atoms with Crippen molar-refractivity contribution in [2.75, 3.05) is 19.6 Å². The van der Waals surface area contributed by atoms with Gasteiger partial charge in [0.15, 0.2) is 0 Å². The SMILES string of the molecule is CC1CN(CC(O)CC2CCCC2)CCC1=NO. The molecule has 0 amide bonds. The number of nitrogens with zero attached hydrogens (tertiary/aromatic N) is 2. The highest BCUT2D eigenvalue weighted by molar-refractivity contribution is 5.86. The van der Waals surface area contributed by atoms with Crippen LogP contribution in [0.2, 0.25) is 0 Å². The van der Waals surface area contributed by atoms with E-state index in [2.05, 4.69) is 17.0 Å². The molecule has 1 saturated carbocycles. The summed E-state index contributed by atoms with van der Waals surface area (Å²) in [6.07, 6.45) is 6.89. The number of aliphatic hydroxyl groups excluding tert-OH is 1. The molecule has 104 valence electrons. The van der Waals surface area contributed by atoms with E-state index in [9.17, 15) is 5.11 Å². The maximum absolute atomic E-state index is 10.1. The zero-order valence-corrected chi connectivity index (χ0v) is 11.4. The fourth-order valence-electron chi connectivity index (χ4n) is 3.42. The first kappa shape index (κ1) is 13.8. The molecule has 0 aromatic heterocycles. The average Bonchev–Trinajstić information content (AvgIpc) is 2.82. The van der Waals surface area contributed by atoms with Crippen molar-refractivity contribution in [3.8, 4) is 0 Å². The van der Waals surface area contributed by atoms with Crippen molar-refractivity contribution in [1.29, 1.82) is 0 Å². The number of oxime groups is 1. The monoisotopic (exact) mass is 254 g/mol. The van der Waals surface area contributed by atoms with Gasteiger partial charge in [0.05, 0.1) is 11.8 Å². The summed E-state index contributed by atoms with van der Waals surface area (Å²) >= 11 is 0. The maximum Gasteiger partial charge on any atom is 0.0669 e. The van der Waals surface area contributed by atoms with Gasteiger partial charge in [-0.3, -0.25) is 4.90 Å². The van der Waals surface area contributed by atoms with Crippen LogP contribution in [0.25, 0.3) is 0 Å². The van der Waals surface area contributed by atoms with Crippen LogP contribution in [0.4, 0.5) is 0 Å². The van der Waals surface area contributed by atoms with Crippen molar-refractivity contribution >= 4 is 5.71 Å². The van der Waals surface area contributed by atoms with Gasteiger partial charge >= 0.3 is 0 Å². The van der Waals surface area contributed by atoms with Gasteiger partial charge in [0, 0.05) is 32.0 Å². The predicted molar refractivity (Wildman–Crippen MR) is 72.0 cm³/mol. The Labute approximate surface area is 110 Å². The zero-order chi connectivity index (χ0) is 13.0. The number of likely N-dealkylation sites (tertiary alicyclic amines) is 1. The second-order valence-corrected chi connectivity index (χ2v) is 6.04. The molecular weight excluding hydrogens is 228 g/mol. The first-order valence-corrected chi connectivity index (χ1v) is 7.30. The van der Waals surface area contributed by atoms with Crippen molar-refractivity contribution in [3.05, 3.63) is 0 Å². The molecular formula is C14H26N2O2. The number of aliphatic hydroxyl groups is 1. The van der Waals surface area contributed by atoms with Crippen LogP contribution in [0.5, 0.6) is 0 Å². The fourth-order valence-corrected chi connectivity index (χ4v) is 3.42. The Kier molecular flexibility index (Phi) is 5.01. The van der Waals surface area contributed by atoms with E-state index in [0.717, 1.165) is 44.1 Å². The molecule has 18 heavy (non-hydrogen) atoms. The van der Waals surface area contributed by atoms with Gasteiger partial charge in [-0.1, -0.05) is 37.8 Å². The molecule has 1 saturated heterocycles. The van der Waals surface area contributed by atoms with E-state index in [4.69, 9.17) is 5.21 Å². The van der Waals surface area contributed by atoms with E-state index in [1.54, 1.807) is 0 Å². The Hall–Kier alpha value is -0.610. The minimum Gasteiger partial charge on any atom is -0.411 e. The predicted octanol–water partition coefficient (Wildman–Crippen LogP) is 2.10. The van der Waals surface area contributed by atoms with Crippen molar-refractivity contribution in [3.63, 3.8) is 0 Å². The van der Waals surface area contributed by atoms with Crippen molar-refractivity contribution in [1.82, 2.24) is 4.90 Å². The molecule has 2 fully saturated rings. The Morgan fingerprint density at radius 2 is 2.11 bits per heavy atom. The minimum absolute atomic E-state index is 0.187. The molecule has 2 atom stereocenters. The van der Waals surface area contributed by atoms with Crippen LogP contribution in [0.3, 0.4) is 0 Å². The van der Waals surface area contributed by atoms with Crippen LogP contribution in [-0.4, -0.2) is 46.7 Å². The highest BCUT2D eigenvalue weighted by Crippen LogP contribution is 2.29. The molecule has 2 rings (SSSR count). The molecule has 2 aliphatic rings. The molecule has 0 radical (unpaired) electrons. The number of piperidine rings is 1. The molecule has 1 aliphatic heterocycles. The summed E-state index contributed by atoms with van der Waals surface area (Å²) < 4.78 is 0. The van der Waals surface area contributed by atoms with E-state index in [1.165, 1.54) is 25.7 Å². The summed E-state index contributed by atoms with van der Waals surface area (Å²) in [6, 6.07) is 0. The molecule has 0 aromatic rings. The van der Waals surface area contributed by atoms with Gasteiger partial charge in [0.1, 0.15) is 0 Å². The van der Waals surface area contributed by atoms with Crippen LogP contribution < -0.4 is 0 Å². The third-order valence-electron chi connectivity index (χ3n) is 4.46. The lowest BCUT2D eigenvalue weighted by atomic mass is 9.96. The smallest absolute Gasteiger partial charge is 0.0669 e. The van der Waals surface area contributed by atoms with E-state index in [-0.39, 0.29) is 6.10 Å². The first-order chi connectivity index (χ1) is 8.69. The van der Waals surface area contributed by atoms with Gasteiger partial charge in [-0.25, -0.2) is 0 Å².